The van der Waals surface area contributed by atoms with Crippen LogP contribution in [0.5, 0.6) is 0 Å². The molecule has 1 amide bonds. The Kier molecular flexibility index (Phi) is 4.81. The lowest BCUT2D eigenvalue weighted by Crippen LogP contribution is -2.15. The highest BCUT2D eigenvalue weighted by Gasteiger charge is 2.09. The molecule has 0 aliphatic rings. The number of aryl methyl sites for hydroxylation is 1. The number of carbonyl (C=O) groups is 1. The molecule has 2 aromatic rings. The first-order valence-electron chi connectivity index (χ1n) is 5.90. The Morgan fingerprint density at radius 3 is 2.57 bits per heavy atom. The molecular formula is C12H13ClN6OS. The van der Waals surface area contributed by atoms with E-state index in [0.29, 0.717) is 15.9 Å². The lowest BCUT2D eigenvalue weighted by atomic mass is 10.2. The number of benzene rings is 1. The Balaban J connectivity index is 1.95. The van der Waals surface area contributed by atoms with Gasteiger partial charge in [0, 0.05) is 10.7 Å². The predicted octanol–water partition coefficient (Wildman–Crippen LogP) is 1.73. The normalized spacial score (nSPS) is 10.4. The third kappa shape index (κ3) is 4.47. The molecule has 21 heavy (non-hydrogen) atoms. The summed E-state index contributed by atoms with van der Waals surface area (Å²) in [6.45, 7) is 1.86. The van der Waals surface area contributed by atoms with E-state index in [4.69, 9.17) is 23.1 Å². The van der Waals surface area contributed by atoms with Crippen LogP contribution in [-0.2, 0) is 4.79 Å². The molecule has 0 atom stereocenters. The van der Waals surface area contributed by atoms with Crippen molar-refractivity contribution in [2.75, 3.05) is 22.5 Å². The van der Waals surface area contributed by atoms with Gasteiger partial charge in [0.1, 0.15) is 0 Å². The van der Waals surface area contributed by atoms with Gasteiger partial charge in [0.05, 0.1) is 5.75 Å². The average Bonchev–Trinajstić information content (AvgIpc) is 2.39. The summed E-state index contributed by atoms with van der Waals surface area (Å²) in [5.41, 5.74) is 12.5. The third-order valence-corrected chi connectivity index (χ3v) is 3.53. The van der Waals surface area contributed by atoms with E-state index in [-0.39, 0.29) is 23.6 Å². The van der Waals surface area contributed by atoms with Gasteiger partial charge in [0.25, 0.3) is 0 Å². The van der Waals surface area contributed by atoms with Gasteiger partial charge in [0.15, 0.2) is 5.16 Å². The van der Waals surface area contributed by atoms with Gasteiger partial charge in [-0.1, -0.05) is 23.4 Å². The van der Waals surface area contributed by atoms with Crippen LogP contribution < -0.4 is 16.8 Å². The molecule has 7 nitrogen and oxygen atoms in total. The summed E-state index contributed by atoms with van der Waals surface area (Å²) in [6, 6.07) is 5.24. The van der Waals surface area contributed by atoms with Crippen LogP contribution in [0.1, 0.15) is 5.56 Å². The Morgan fingerprint density at radius 2 is 1.95 bits per heavy atom. The molecule has 1 aromatic heterocycles. The molecule has 0 unspecified atom stereocenters. The number of carbonyl (C=O) groups excluding carboxylic acids is 1. The number of nitrogens with one attached hydrogen (secondary N) is 1. The lowest BCUT2D eigenvalue weighted by molar-refractivity contribution is -0.113. The highest BCUT2D eigenvalue weighted by molar-refractivity contribution is 7.99. The van der Waals surface area contributed by atoms with Gasteiger partial charge in [0.2, 0.25) is 17.8 Å². The smallest absolute Gasteiger partial charge is 0.234 e. The third-order valence-electron chi connectivity index (χ3n) is 2.44. The molecule has 0 bridgehead atoms. The first-order chi connectivity index (χ1) is 9.94. The van der Waals surface area contributed by atoms with Crippen molar-refractivity contribution in [2.45, 2.75) is 12.1 Å². The van der Waals surface area contributed by atoms with E-state index in [1.165, 1.54) is 0 Å². The van der Waals surface area contributed by atoms with Gasteiger partial charge in [-0.25, -0.2) is 0 Å². The number of nitrogens with two attached hydrogens (primary N) is 2. The molecule has 110 valence electrons. The average molecular weight is 325 g/mol. The van der Waals surface area contributed by atoms with Crippen molar-refractivity contribution in [3.8, 4) is 0 Å². The van der Waals surface area contributed by atoms with Crippen LogP contribution in [0.2, 0.25) is 5.02 Å². The largest absolute Gasteiger partial charge is 0.368 e. The Labute approximate surface area is 130 Å². The molecule has 0 aliphatic carbocycles. The monoisotopic (exact) mass is 324 g/mol. The van der Waals surface area contributed by atoms with E-state index in [9.17, 15) is 4.79 Å². The summed E-state index contributed by atoms with van der Waals surface area (Å²) in [4.78, 5) is 23.3. The number of anilines is 3. The summed E-state index contributed by atoms with van der Waals surface area (Å²) < 4.78 is 0. The fourth-order valence-corrected chi connectivity index (χ4v) is 2.41. The molecule has 9 heteroatoms. The number of thioether (sulfide) groups is 1. The molecule has 0 saturated carbocycles. The Morgan fingerprint density at radius 1 is 1.29 bits per heavy atom. The minimum Gasteiger partial charge on any atom is -0.368 e. The second kappa shape index (κ2) is 6.59. The molecule has 0 aliphatic heterocycles. The minimum atomic E-state index is -0.192. The highest BCUT2D eigenvalue weighted by Crippen LogP contribution is 2.20. The number of aromatic nitrogens is 3. The molecular weight excluding hydrogens is 312 g/mol. The SMILES string of the molecule is Cc1cc(Cl)ccc1NC(=O)CSc1nc(N)nc(N)n1. The van der Waals surface area contributed by atoms with Crippen molar-refractivity contribution in [3.63, 3.8) is 0 Å². The van der Waals surface area contributed by atoms with Gasteiger partial charge >= 0.3 is 0 Å². The van der Waals surface area contributed by atoms with Crippen LogP contribution in [-0.4, -0.2) is 26.6 Å². The van der Waals surface area contributed by atoms with Gasteiger partial charge in [-0.2, -0.15) is 15.0 Å². The van der Waals surface area contributed by atoms with Crippen molar-refractivity contribution in [3.05, 3.63) is 28.8 Å². The van der Waals surface area contributed by atoms with E-state index in [0.717, 1.165) is 17.3 Å². The number of amides is 1. The maximum absolute atomic E-state index is 11.9. The molecule has 2 rings (SSSR count). The zero-order valence-electron chi connectivity index (χ0n) is 11.1. The first kappa shape index (κ1) is 15.3. The van der Waals surface area contributed by atoms with Crippen molar-refractivity contribution >= 4 is 46.9 Å². The Bertz CT molecular complexity index is 661. The molecule has 1 heterocycles. The van der Waals surface area contributed by atoms with Crippen LogP contribution in [0.15, 0.2) is 23.4 Å². The predicted molar refractivity (Wildman–Crippen MR) is 84.2 cm³/mol. The fourth-order valence-electron chi connectivity index (χ4n) is 1.54. The molecule has 0 fully saturated rings. The molecule has 0 radical (unpaired) electrons. The van der Waals surface area contributed by atoms with Crippen molar-refractivity contribution < 1.29 is 4.79 Å². The topological polar surface area (TPSA) is 120 Å². The standard InChI is InChI=1S/C12H13ClN6OS/c1-6-4-7(13)2-3-8(6)16-9(20)5-21-12-18-10(14)17-11(15)19-12/h2-4H,5H2,1H3,(H,16,20)(H4,14,15,17,18,19). The number of nitrogen functional groups attached to an aromatic ring is 2. The van der Waals surface area contributed by atoms with Gasteiger partial charge < -0.3 is 16.8 Å². The summed E-state index contributed by atoms with van der Waals surface area (Å²) in [6.07, 6.45) is 0. The second-order valence-corrected chi connectivity index (χ2v) is 5.51. The van der Waals surface area contributed by atoms with E-state index >= 15 is 0 Å². The number of hydrogen-bond acceptors (Lipinski definition) is 7. The van der Waals surface area contributed by atoms with E-state index in [2.05, 4.69) is 20.3 Å². The number of rotatable bonds is 4. The maximum atomic E-state index is 11.9. The van der Waals surface area contributed by atoms with E-state index in [1.54, 1.807) is 18.2 Å². The number of nitrogens with zero attached hydrogens (tertiary/aromatic N) is 3. The second-order valence-electron chi connectivity index (χ2n) is 4.13. The minimum absolute atomic E-state index is 0.0268. The zero-order valence-corrected chi connectivity index (χ0v) is 12.7. The van der Waals surface area contributed by atoms with Crippen LogP contribution in [0.3, 0.4) is 0 Å². The molecule has 0 spiro atoms. The van der Waals surface area contributed by atoms with Crippen molar-refractivity contribution in [2.24, 2.45) is 0 Å². The summed E-state index contributed by atoms with van der Waals surface area (Å²) >= 11 is 6.99. The van der Waals surface area contributed by atoms with Crippen LogP contribution >= 0.6 is 23.4 Å². The summed E-state index contributed by atoms with van der Waals surface area (Å²) in [5, 5.41) is 3.71. The first-order valence-corrected chi connectivity index (χ1v) is 7.26. The van der Waals surface area contributed by atoms with Crippen molar-refractivity contribution in [1.82, 2.24) is 15.0 Å². The summed E-state index contributed by atoms with van der Waals surface area (Å²) in [5.74, 6) is -0.00815. The lowest BCUT2D eigenvalue weighted by Gasteiger charge is -2.08. The van der Waals surface area contributed by atoms with Crippen LogP contribution in [0.4, 0.5) is 17.6 Å². The number of hydrogen-bond donors (Lipinski definition) is 3. The highest BCUT2D eigenvalue weighted by atomic mass is 35.5. The van der Waals surface area contributed by atoms with Crippen LogP contribution in [0.25, 0.3) is 0 Å². The van der Waals surface area contributed by atoms with Gasteiger partial charge in [-0.15, -0.1) is 0 Å². The fraction of sp³-hybridized carbons (Fsp3) is 0.167. The molecule has 1 aromatic carbocycles. The van der Waals surface area contributed by atoms with Crippen LogP contribution in [0, 0.1) is 6.92 Å². The van der Waals surface area contributed by atoms with Gasteiger partial charge in [-0.05, 0) is 30.7 Å². The number of halogens is 1. The van der Waals surface area contributed by atoms with Gasteiger partial charge in [-0.3, -0.25) is 4.79 Å². The Hall–Kier alpha value is -2.06. The van der Waals surface area contributed by atoms with E-state index in [1.807, 2.05) is 6.92 Å². The summed E-state index contributed by atoms with van der Waals surface area (Å²) in [7, 11) is 0. The maximum Gasteiger partial charge on any atom is 0.234 e. The molecule has 5 N–H and O–H groups in total. The molecule has 0 saturated heterocycles. The van der Waals surface area contributed by atoms with Crippen molar-refractivity contribution in [1.29, 1.82) is 0 Å². The quantitative estimate of drug-likeness (QED) is 0.732. The van der Waals surface area contributed by atoms with E-state index < -0.39 is 0 Å². The zero-order chi connectivity index (χ0) is 15.4.